The molecule has 102 valence electrons. The highest BCUT2D eigenvalue weighted by Crippen LogP contribution is 2.08. The molecule has 1 aromatic carbocycles. The highest BCUT2D eigenvalue weighted by Gasteiger charge is 2.04. The van der Waals surface area contributed by atoms with Gasteiger partial charge >= 0.3 is 11.9 Å². The second-order valence-electron chi connectivity index (χ2n) is 3.50. The predicted octanol–water partition coefficient (Wildman–Crippen LogP) is 1.73. The van der Waals surface area contributed by atoms with Gasteiger partial charge in [0, 0.05) is 6.08 Å². The summed E-state index contributed by atoms with van der Waals surface area (Å²) < 4.78 is 14.8. The predicted molar refractivity (Wildman–Crippen MR) is 68.7 cm³/mol. The number of carbonyl (C=O) groups is 2. The lowest BCUT2D eigenvalue weighted by molar-refractivity contribution is -0.150. The Morgan fingerprint density at radius 2 is 1.74 bits per heavy atom. The molecule has 0 aliphatic carbocycles. The number of rotatable bonds is 8. The van der Waals surface area contributed by atoms with Gasteiger partial charge in [0.25, 0.3) is 0 Å². The maximum atomic E-state index is 11.3. The van der Waals surface area contributed by atoms with Crippen molar-refractivity contribution in [1.29, 1.82) is 0 Å². The molecule has 0 unspecified atom stereocenters. The molecule has 0 aliphatic heterocycles. The smallest absolute Gasteiger partial charge is 0.330 e. The second-order valence-corrected chi connectivity index (χ2v) is 3.50. The summed E-state index contributed by atoms with van der Waals surface area (Å²) in [5, 5.41) is 0. The van der Waals surface area contributed by atoms with Gasteiger partial charge in [-0.25, -0.2) is 4.79 Å². The maximum absolute atomic E-state index is 11.3. The van der Waals surface area contributed by atoms with Gasteiger partial charge in [-0.05, 0) is 12.1 Å². The molecule has 5 nitrogen and oxygen atoms in total. The maximum Gasteiger partial charge on any atom is 0.330 e. The van der Waals surface area contributed by atoms with Gasteiger partial charge in [-0.2, -0.15) is 0 Å². The Balaban J connectivity index is 2.05. The minimum absolute atomic E-state index is 0.0239. The van der Waals surface area contributed by atoms with E-state index in [4.69, 9.17) is 9.47 Å². The SMILES string of the molecule is C=CC(=O)OCCOC(=O)CCOc1ccccc1. The Morgan fingerprint density at radius 1 is 1.05 bits per heavy atom. The molecule has 0 saturated heterocycles. The molecule has 0 heterocycles. The van der Waals surface area contributed by atoms with Crippen LogP contribution in [0.3, 0.4) is 0 Å². The number of para-hydroxylation sites is 1. The minimum Gasteiger partial charge on any atom is -0.493 e. The van der Waals surface area contributed by atoms with Crippen LogP contribution in [0.1, 0.15) is 6.42 Å². The van der Waals surface area contributed by atoms with Gasteiger partial charge < -0.3 is 14.2 Å². The van der Waals surface area contributed by atoms with Crippen LogP contribution in [0.15, 0.2) is 43.0 Å². The van der Waals surface area contributed by atoms with Gasteiger partial charge in [-0.15, -0.1) is 0 Å². The zero-order valence-electron chi connectivity index (χ0n) is 10.5. The van der Waals surface area contributed by atoms with E-state index < -0.39 is 11.9 Å². The van der Waals surface area contributed by atoms with Crippen LogP contribution in [-0.4, -0.2) is 31.8 Å². The molecular weight excluding hydrogens is 248 g/mol. The largest absolute Gasteiger partial charge is 0.493 e. The van der Waals surface area contributed by atoms with Crippen LogP contribution >= 0.6 is 0 Å². The fourth-order valence-electron chi connectivity index (χ4n) is 1.20. The van der Waals surface area contributed by atoms with Crippen LogP contribution < -0.4 is 4.74 Å². The van der Waals surface area contributed by atoms with Crippen LogP contribution in [-0.2, 0) is 19.1 Å². The summed E-state index contributed by atoms with van der Waals surface area (Å²) in [7, 11) is 0. The molecule has 0 radical (unpaired) electrons. The zero-order chi connectivity index (χ0) is 13.9. The molecule has 1 aromatic rings. The third kappa shape index (κ3) is 6.88. The van der Waals surface area contributed by atoms with E-state index in [9.17, 15) is 9.59 Å². The van der Waals surface area contributed by atoms with E-state index in [0.717, 1.165) is 6.08 Å². The first-order valence-electron chi connectivity index (χ1n) is 5.85. The first kappa shape index (κ1) is 14.8. The van der Waals surface area contributed by atoms with Gasteiger partial charge in [0.05, 0.1) is 13.0 Å². The van der Waals surface area contributed by atoms with Crippen molar-refractivity contribution in [1.82, 2.24) is 0 Å². The second kappa shape index (κ2) is 8.74. The van der Waals surface area contributed by atoms with E-state index in [1.165, 1.54) is 0 Å². The number of benzene rings is 1. The molecule has 0 saturated carbocycles. The van der Waals surface area contributed by atoms with Gasteiger partial charge in [0.2, 0.25) is 0 Å². The molecule has 0 atom stereocenters. The van der Waals surface area contributed by atoms with Crippen molar-refractivity contribution < 1.29 is 23.8 Å². The molecule has 19 heavy (non-hydrogen) atoms. The Labute approximate surface area is 111 Å². The third-order valence-electron chi connectivity index (χ3n) is 2.08. The van der Waals surface area contributed by atoms with Gasteiger partial charge in [-0.3, -0.25) is 4.79 Å². The lowest BCUT2D eigenvalue weighted by Crippen LogP contribution is -2.14. The van der Waals surface area contributed by atoms with E-state index in [1.54, 1.807) is 12.1 Å². The minimum atomic E-state index is -0.538. The van der Waals surface area contributed by atoms with E-state index >= 15 is 0 Å². The van der Waals surface area contributed by atoms with Crippen LogP contribution in [0.25, 0.3) is 0 Å². The standard InChI is InChI=1S/C14H16O5/c1-2-13(15)18-10-11-19-14(16)8-9-17-12-6-4-3-5-7-12/h2-7H,1,8-11H2. The van der Waals surface area contributed by atoms with Crippen molar-refractivity contribution in [2.45, 2.75) is 6.42 Å². The number of carbonyl (C=O) groups excluding carboxylic acids is 2. The summed E-state index contributed by atoms with van der Waals surface area (Å²) in [4.78, 5) is 22.0. The molecule has 0 amide bonds. The molecule has 0 N–H and O–H groups in total. The first-order chi connectivity index (χ1) is 9.22. The average Bonchev–Trinajstić information content (AvgIpc) is 2.44. The van der Waals surface area contributed by atoms with Crippen molar-refractivity contribution in [2.24, 2.45) is 0 Å². The summed E-state index contributed by atoms with van der Waals surface area (Å²) >= 11 is 0. The highest BCUT2D eigenvalue weighted by atomic mass is 16.6. The first-order valence-corrected chi connectivity index (χ1v) is 5.85. The topological polar surface area (TPSA) is 61.8 Å². The van der Waals surface area contributed by atoms with Crippen LogP contribution in [0.2, 0.25) is 0 Å². The number of ether oxygens (including phenoxy) is 3. The number of esters is 2. The van der Waals surface area contributed by atoms with Crippen molar-refractivity contribution >= 4 is 11.9 Å². The highest BCUT2D eigenvalue weighted by molar-refractivity contribution is 5.81. The molecule has 0 aliphatic rings. The van der Waals surface area contributed by atoms with Crippen LogP contribution in [0, 0.1) is 0 Å². The van der Waals surface area contributed by atoms with E-state index in [2.05, 4.69) is 11.3 Å². The summed E-state index contributed by atoms with van der Waals surface area (Å²) in [6.07, 6.45) is 1.19. The van der Waals surface area contributed by atoms with Crippen LogP contribution in [0.5, 0.6) is 5.75 Å². The molecule has 1 rings (SSSR count). The third-order valence-corrected chi connectivity index (χ3v) is 2.08. The van der Waals surface area contributed by atoms with Crippen molar-refractivity contribution in [2.75, 3.05) is 19.8 Å². The fourth-order valence-corrected chi connectivity index (χ4v) is 1.20. The molecular formula is C14H16O5. The number of hydrogen-bond donors (Lipinski definition) is 0. The van der Waals surface area contributed by atoms with Gasteiger partial charge in [0.15, 0.2) is 0 Å². The normalized spacial score (nSPS) is 9.47. The Morgan fingerprint density at radius 3 is 2.42 bits per heavy atom. The van der Waals surface area contributed by atoms with E-state index in [0.29, 0.717) is 5.75 Å². The molecule has 0 bridgehead atoms. The fraction of sp³-hybridized carbons (Fsp3) is 0.286. The molecule has 0 spiro atoms. The quantitative estimate of drug-likeness (QED) is 0.406. The molecule has 0 aromatic heterocycles. The Kier molecular flexibility index (Phi) is 6.79. The van der Waals surface area contributed by atoms with Crippen molar-refractivity contribution in [3.8, 4) is 5.75 Å². The molecule has 5 heteroatoms. The summed E-state index contributed by atoms with van der Waals surface area (Å²) in [6, 6.07) is 9.19. The monoisotopic (exact) mass is 264 g/mol. The lowest BCUT2D eigenvalue weighted by Gasteiger charge is -2.06. The van der Waals surface area contributed by atoms with E-state index in [1.807, 2.05) is 18.2 Å². The summed E-state index contributed by atoms with van der Waals surface area (Å²) in [5.41, 5.74) is 0. The van der Waals surface area contributed by atoms with Crippen molar-refractivity contribution in [3.63, 3.8) is 0 Å². The summed E-state index contributed by atoms with van der Waals surface area (Å²) in [5.74, 6) is -0.232. The van der Waals surface area contributed by atoms with E-state index in [-0.39, 0.29) is 26.2 Å². The molecule has 0 fully saturated rings. The summed E-state index contributed by atoms with van der Waals surface area (Å²) in [6.45, 7) is 3.55. The Bertz CT molecular complexity index is 413. The number of hydrogen-bond acceptors (Lipinski definition) is 5. The zero-order valence-corrected chi connectivity index (χ0v) is 10.5. The van der Waals surface area contributed by atoms with Crippen LogP contribution in [0.4, 0.5) is 0 Å². The Hall–Kier alpha value is -2.30. The average molecular weight is 264 g/mol. The van der Waals surface area contributed by atoms with Gasteiger partial charge in [-0.1, -0.05) is 24.8 Å². The lowest BCUT2D eigenvalue weighted by atomic mass is 10.3. The van der Waals surface area contributed by atoms with Gasteiger partial charge in [0.1, 0.15) is 19.0 Å². The van der Waals surface area contributed by atoms with Crippen molar-refractivity contribution in [3.05, 3.63) is 43.0 Å².